The first kappa shape index (κ1) is 24.9. The highest BCUT2D eigenvalue weighted by Crippen LogP contribution is 2.28. The number of likely N-dealkylation sites (N-methyl/N-ethyl adjacent to an activating group) is 1. The Morgan fingerprint density at radius 2 is 2.13 bits per heavy atom. The van der Waals surface area contributed by atoms with Gasteiger partial charge in [0.2, 0.25) is 0 Å². The van der Waals surface area contributed by atoms with Crippen LogP contribution in [0.25, 0.3) is 0 Å². The van der Waals surface area contributed by atoms with Crippen molar-refractivity contribution >= 4 is 35.8 Å². The van der Waals surface area contributed by atoms with Gasteiger partial charge in [0.1, 0.15) is 0 Å². The predicted molar refractivity (Wildman–Crippen MR) is 130 cm³/mol. The van der Waals surface area contributed by atoms with Crippen molar-refractivity contribution in [2.75, 3.05) is 47.0 Å². The molecular formula is C22H35IN4O3. The molecule has 2 N–H and O–H groups in total. The lowest BCUT2D eigenvalue weighted by molar-refractivity contribution is 0.0857. The van der Waals surface area contributed by atoms with Gasteiger partial charge in [-0.3, -0.25) is 9.79 Å². The first-order valence-corrected chi connectivity index (χ1v) is 10.6. The standard InChI is InChI=1S/C22H34N4O3.HI/c1-23-22(26(2)10-12-28-16-17-8-9-17)25-14-18-5-3-6-19(13-18)21(27)24-15-20-7-4-11-29-20;/h3,5-6,13,17,20H,4,7-12,14-16H2,1-2H3,(H,23,25)(H,24,27);1H. The molecule has 1 aromatic carbocycles. The second-order valence-corrected chi connectivity index (χ2v) is 7.89. The Morgan fingerprint density at radius 3 is 2.83 bits per heavy atom. The Morgan fingerprint density at radius 1 is 1.30 bits per heavy atom. The highest BCUT2D eigenvalue weighted by molar-refractivity contribution is 14.0. The Balaban J connectivity index is 0.00000320. The van der Waals surface area contributed by atoms with Gasteiger partial charge in [0, 0.05) is 52.5 Å². The van der Waals surface area contributed by atoms with Crippen LogP contribution in [0.1, 0.15) is 41.6 Å². The van der Waals surface area contributed by atoms with Gasteiger partial charge in [-0.2, -0.15) is 0 Å². The molecule has 7 nitrogen and oxygen atoms in total. The normalized spacial score (nSPS) is 18.6. The molecule has 1 unspecified atom stereocenters. The molecule has 3 rings (SSSR count). The molecule has 0 bridgehead atoms. The maximum absolute atomic E-state index is 12.4. The number of guanidine groups is 1. The largest absolute Gasteiger partial charge is 0.379 e. The van der Waals surface area contributed by atoms with Gasteiger partial charge in [0.15, 0.2) is 5.96 Å². The van der Waals surface area contributed by atoms with Crippen LogP contribution in [0.3, 0.4) is 0 Å². The second-order valence-electron chi connectivity index (χ2n) is 7.89. The van der Waals surface area contributed by atoms with E-state index in [0.29, 0.717) is 25.3 Å². The van der Waals surface area contributed by atoms with Crippen molar-refractivity contribution in [3.8, 4) is 0 Å². The van der Waals surface area contributed by atoms with Gasteiger partial charge < -0.3 is 25.0 Å². The van der Waals surface area contributed by atoms with Crippen LogP contribution in [-0.2, 0) is 16.0 Å². The van der Waals surface area contributed by atoms with E-state index in [1.54, 1.807) is 7.05 Å². The average Bonchev–Trinajstić information content (AvgIpc) is 3.42. The maximum atomic E-state index is 12.4. The van der Waals surface area contributed by atoms with Crippen molar-refractivity contribution in [2.45, 2.75) is 38.3 Å². The molecule has 0 spiro atoms. The van der Waals surface area contributed by atoms with E-state index >= 15 is 0 Å². The monoisotopic (exact) mass is 530 g/mol. The van der Waals surface area contributed by atoms with Gasteiger partial charge >= 0.3 is 0 Å². The molecular weight excluding hydrogens is 495 g/mol. The number of hydrogen-bond donors (Lipinski definition) is 2. The average molecular weight is 530 g/mol. The summed E-state index contributed by atoms with van der Waals surface area (Å²) in [7, 11) is 3.78. The van der Waals surface area contributed by atoms with Crippen LogP contribution < -0.4 is 10.6 Å². The second kappa shape index (κ2) is 13.1. The molecule has 2 aliphatic rings. The Hall–Kier alpha value is -1.39. The highest BCUT2D eigenvalue weighted by atomic mass is 127. The fraction of sp³-hybridized carbons (Fsp3) is 0.636. The summed E-state index contributed by atoms with van der Waals surface area (Å²) in [5.74, 6) is 1.54. The van der Waals surface area contributed by atoms with Crippen LogP contribution in [0, 0.1) is 5.92 Å². The molecule has 2 fully saturated rings. The topological polar surface area (TPSA) is 75.2 Å². The molecule has 1 heterocycles. The van der Waals surface area contributed by atoms with E-state index in [-0.39, 0.29) is 36.0 Å². The van der Waals surface area contributed by atoms with Gasteiger partial charge in [-0.15, -0.1) is 24.0 Å². The van der Waals surface area contributed by atoms with Crippen molar-refractivity contribution in [3.63, 3.8) is 0 Å². The van der Waals surface area contributed by atoms with Crippen LogP contribution in [0.4, 0.5) is 0 Å². The summed E-state index contributed by atoms with van der Waals surface area (Å²) in [6, 6.07) is 7.68. The van der Waals surface area contributed by atoms with E-state index in [2.05, 4.69) is 20.5 Å². The third kappa shape index (κ3) is 8.39. The van der Waals surface area contributed by atoms with Crippen LogP contribution in [0.15, 0.2) is 29.3 Å². The van der Waals surface area contributed by atoms with Gasteiger partial charge in [0.25, 0.3) is 5.91 Å². The molecule has 0 radical (unpaired) electrons. The van der Waals surface area contributed by atoms with Crippen LogP contribution in [0.5, 0.6) is 0 Å². The minimum atomic E-state index is -0.0586. The van der Waals surface area contributed by atoms with Crippen molar-refractivity contribution < 1.29 is 14.3 Å². The molecule has 1 saturated heterocycles. The third-order valence-corrected chi connectivity index (χ3v) is 5.35. The van der Waals surface area contributed by atoms with Gasteiger partial charge in [-0.05, 0) is 49.3 Å². The molecule has 1 aromatic rings. The lowest BCUT2D eigenvalue weighted by atomic mass is 10.1. The molecule has 1 aliphatic carbocycles. The summed E-state index contributed by atoms with van der Waals surface area (Å²) in [6.07, 6.45) is 4.86. The number of carbonyl (C=O) groups excluding carboxylic acids is 1. The SMILES string of the molecule is CN=C(NCc1cccc(C(=O)NCC2CCCO2)c1)N(C)CCOCC1CC1.I. The quantitative estimate of drug-likeness (QED) is 0.211. The minimum Gasteiger partial charge on any atom is -0.379 e. The Labute approximate surface area is 197 Å². The van der Waals surface area contributed by atoms with E-state index in [0.717, 1.165) is 50.0 Å². The number of carbonyl (C=O) groups is 1. The van der Waals surface area contributed by atoms with E-state index < -0.39 is 0 Å². The van der Waals surface area contributed by atoms with Crippen LogP contribution in [0.2, 0.25) is 0 Å². The number of aliphatic imine (C=N–C) groups is 1. The number of hydrogen-bond acceptors (Lipinski definition) is 4. The highest BCUT2D eigenvalue weighted by Gasteiger charge is 2.21. The number of rotatable bonds is 10. The number of benzene rings is 1. The predicted octanol–water partition coefficient (Wildman–Crippen LogP) is 2.65. The number of nitrogens with zero attached hydrogens (tertiary/aromatic N) is 2. The number of amides is 1. The Kier molecular flexibility index (Phi) is 10.9. The molecule has 0 aromatic heterocycles. The van der Waals surface area contributed by atoms with Crippen molar-refractivity contribution in [2.24, 2.45) is 10.9 Å². The van der Waals surface area contributed by atoms with E-state index in [4.69, 9.17) is 9.47 Å². The van der Waals surface area contributed by atoms with Gasteiger partial charge in [-0.1, -0.05) is 12.1 Å². The third-order valence-electron chi connectivity index (χ3n) is 5.35. The van der Waals surface area contributed by atoms with Crippen LogP contribution in [-0.4, -0.2) is 69.9 Å². The van der Waals surface area contributed by atoms with Crippen molar-refractivity contribution in [3.05, 3.63) is 35.4 Å². The van der Waals surface area contributed by atoms with E-state index in [1.807, 2.05) is 31.3 Å². The zero-order valence-corrected chi connectivity index (χ0v) is 20.4. The molecule has 30 heavy (non-hydrogen) atoms. The molecule has 8 heteroatoms. The number of halogens is 1. The molecule has 168 valence electrons. The number of nitrogens with one attached hydrogen (secondary N) is 2. The summed E-state index contributed by atoms with van der Waals surface area (Å²) >= 11 is 0. The lowest BCUT2D eigenvalue weighted by Gasteiger charge is -2.22. The zero-order valence-electron chi connectivity index (χ0n) is 18.1. The van der Waals surface area contributed by atoms with Crippen molar-refractivity contribution in [1.29, 1.82) is 0 Å². The molecule has 1 saturated carbocycles. The summed E-state index contributed by atoms with van der Waals surface area (Å²) in [5, 5.41) is 6.33. The fourth-order valence-electron chi connectivity index (χ4n) is 3.34. The van der Waals surface area contributed by atoms with Crippen LogP contribution >= 0.6 is 24.0 Å². The number of ether oxygens (including phenoxy) is 2. The fourth-order valence-corrected chi connectivity index (χ4v) is 3.34. The minimum absolute atomic E-state index is 0. The molecule has 1 atom stereocenters. The molecule has 1 aliphatic heterocycles. The summed E-state index contributed by atoms with van der Waals surface area (Å²) in [5.41, 5.74) is 1.70. The zero-order chi connectivity index (χ0) is 20.5. The summed E-state index contributed by atoms with van der Waals surface area (Å²) in [4.78, 5) is 18.8. The van der Waals surface area contributed by atoms with Gasteiger partial charge in [-0.25, -0.2) is 0 Å². The van der Waals surface area contributed by atoms with E-state index in [9.17, 15) is 4.79 Å². The maximum Gasteiger partial charge on any atom is 0.251 e. The first-order valence-electron chi connectivity index (χ1n) is 10.6. The summed E-state index contributed by atoms with van der Waals surface area (Å²) < 4.78 is 11.3. The first-order chi connectivity index (χ1) is 14.2. The summed E-state index contributed by atoms with van der Waals surface area (Å²) in [6.45, 7) is 4.34. The Bertz CT molecular complexity index is 691. The van der Waals surface area contributed by atoms with Gasteiger partial charge in [0.05, 0.1) is 12.7 Å². The van der Waals surface area contributed by atoms with Crippen molar-refractivity contribution in [1.82, 2.24) is 15.5 Å². The smallest absolute Gasteiger partial charge is 0.251 e. The van der Waals surface area contributed by atoms with E-state index in [1.165, 1.54) is 12.8 Å². The molecule has 1 amide bonds. The lowest BCUT2D eigenvalue weighted by Crippen LogP contribution is -2.40.